The number of hydrogen-bond donors (Lipinski definition) is 2. The van der Waals surface area contributed by atoms with Gasteiger partial charge in [-0.25, -0.2) is 17.5 Å². The van der Waals surface area contributed by atoms with Gasteiger partial charge in [-0.2, -0.15) is 0 Å². The van der Waals surface area contributed by atoms with Gasteiger partial charge in [-0.3, -0.25) is 0 Å². The summed E-state index contributed by atoms with van der Waals surface area (Å²) in [5, 5.41) is 0. The first-order valence-corrected chi connectivity index (χ1v) is 7.31. The van der Waals surface area contributed by atoms with E-state index in [9.17, 15) is 12.8 Å². The second-order valence-corrected chi connectivity index (χ2v) is 6.04. The van der Waals surface area contributed by atoms with E-state index in [0.29, 0.717) is 5.56 Å². The Bertz CT molecular complexity index is 546. The van der Waals surface area contributed by atoms with Crippen LogP contribution in [0.1, 0.15) is 18.1 Å². The Labute approximate surface area is 113 Å². The molecule has 0 saturated heterocycles. The fourth-order valence-corrected chi connectivity index (χ4v) is 2.91. The summed E-state index contributed by atoms with van der Waals surface area (Å²) in [6.45, 7) is 3.34. The van der Waals surface area contributed by atoms with Crippen molar-refractivity contribution in [1.82, 2.24) is 4.72 Å². The Morgan fingerprint density at radius 3 is 2.63 bits per heavy atom. The van der Waals surface area contributed by atoms with Crippen LogP contribution in [0, 0.1) is 12.7 Å². The van der Waals surface area contributed by atoms with Crippen LogP contribution in [0.25, 0.3) is 0 Å². The Balaban J connectivity index is 3.10. The summed E-state index contributed by atoms with van der Waals surface area (Å²) in [4.78, 5) is -0.0868. The van der Waals surface area contributed by atoms with Gasteiger partial charge in [0.2, 0.25) is 10.0 Å². The van der Waals surface area contributed by atoms with Crippen molar-refractivity contribution in [3.05, 3.63) is 29.1 Å². The van der Waals surface area contributed by atoms with Crippen molar-refractivity contribution in [2.45, 2.75) is 31.4 Å². The first-order chi connectivity index (χ1) is 8.81. The van der Waals surface area contributed by atoms with Gasteiger partial charge in [-0.05, 0) is 31.5 Å². The highest BCUT2D eigenvalue weighted by molar-refractivity contribution is 7.89. The molecule has 0 bridgehead atoms. The lowest BCUT2D eigenvalue weighted by molar-refractivity contribution is 0.122. The van der Waals surface area contributed by atoms with Crippen molar-refractivity contribution in [3.63, 3.8) is 0 Å². The van der Waals surface area contributed by atoms with E-state index in [2.05, 4.69) is 4.72 Å². The lowest BCUT2D eigenvalue weighted by Gasteiger charge is -2.14. The van der Waals surface area contributed by atoms with Gasteiger partial charge in [0.05, 0.1) is 11.0 Å². The number of halogens is 1. The van der Waals surface area contributed by atoms with E-state index in [4.69, 9.17) is 10.5 Å². The molecule has 0 fully saturated rings. The van der Waals surface area contributed by atoms with Crippen molar-refractivity contribution >= 4 is 10.0 Å². The average molecular weight is 290 g/mol. The highest BCUT2D eigenvalue weighted by Crippen LogP contribution is 2.20. The van der Waals surface area contributed by atoms with Crippen molar-refractivity contribution in [3.8, 4) is 0 Å². The van der Waals surface area contributed by atoms with E-state index < -0.39 is 15.8 Å². The number of nitrogens with two attached hydrogens (primary N) is 1. The van der Waals surface area contributed by atoms with Crippen molar-refractivity contribution in [2.24, 2.45) is 5.73 Å². The second-order valence-electron chi connectivity index (χ2n) is 4.30. The minimum atomic E-state index is -3.78. The standard InChI is InChI=1S/C12H19FN2O3S/c1-8(18-3)7-15-19(16,17)12-5-10(6-14)4-11(13)9(12)2/h4-5,8,15H,6-7,14H2,1-3H3. The highest BCUT2D eigenvalue weighted by Gasteiger charge is 2.20. The molecule has 1 aromatic carbocycles. The number of methoxy groups -OCH3 is 1. The summed E-state index contributed by atoms with van der Waals surface area (Å²) in [5.74, 6) is -0.580. The van der Waals surface area contributed by atoms with Crippen molar-refractivity contribution < 1.29 is 17.5 Å². The molecule has 0 radical (unpaired) electrons. The molecule has 1 rings (SSSR count). The minimum absolute atomic E-state index is 0.0776. The van der Waals surface area contributed by atoms with Crippen LogP contribution >= 0.6 is 0 Å². The van der Waals surface area contributed by atoms with Crippen LogP contribution in [-0.2, 0) is 21.3 Å². The largest absolute Gasteiger partial charge is 0.380 e. The molecule has 5 nitrogen and oxygen atoms in total. The molecule has 1 unspecified atom stereocenters. The summed E-state index contributed by atoms with van der Waals surface area (Å²) in [7, 11) is -2.29. The summed E-state index contributed by atoms with van der Waals surface area (Å²) in [6.07, 6.45) is -0.266. The molecular weight excluding hydrogens is 271 g/mol. The predicted molar refractivity (Wildman–Crippen MR) is 70.7 cm³/mol. The summed E-state index contributed by atoms with van der Waals surface area (Å²) < 4.78 is 45.2. The molecule has 0 aromatic heterocycles. The van der Waals surface area contributed by atoms with Crippen LogP contribution in [0.15, 0.2) is 17.0 Å². The van der Waals surface area contributed by atoms with Crippen LogP contribution in [0.4, 0.5) is 4.39 Å². The molecule has 1 aromatic rings. The molecule has 0 saturated carbocycles. The van der Waals surface area contributed by atoms with E-state index in [1.165, 1.54) is 26.2 Å². The van der Waals surface area contributed by atoms with Gasteiger partial charge in [-0.15, -0.1) is 0 Å². The zero-order valence-corrected chi connectivity index (χ0v) is 12.1. The van der Waals surface area contributed by atoms with E-state index in [-0.39, 0.29) is 29.7 Å². The fourth-order valence-electron chi connectivity index (χ4n) is 1.49. The lowest BCUT2D eigenvalue weighted by Crippen LogP contribution is -2.32. The molecule has 19 heavy (non-hydrogen) atoms. The number of benzene rings is 1. The van der Waals surface area contributed by atoms with Crippen LogP contribution in [0.5, 0.6) is 0 Å². The summed E-state index contributed by atoms with van der Waals surface area (Å²) in [5.41, 5.74) is 5.93. The molecule has 3 N–H and O–H groups in total. The number of hydrogen-bond acceptors (Lipinski definition) is 4. The van der Waals surface area contributed by atoms with Gasteiger partial charge in [-0.1, -0.05) is 0 Å². The Morgan fingerprint density at radius 1 is 1.47 bits per heavy atom. The first kappa shape index (κ1) is 16.0. The number of ether oxygens (including phenoxy) is 1. The van der Waals surface area contributed by atoms with Gasteiger partial charge >= 0.3 is 0 Å². The molecule has 0 aliphatic rings. The average Bonchev–Trinajstić information content (AvgIpc) is 2.38. The van der Waals surface area contributed by atoms with E-state index in [1.807, 2.05) is 0 Å². The molecule has 1 atom stereocenters. The van der Waals surface area contributed by atoms with Gasteiger partial charge in [0.1, 0.15) is 5.82 Å². The minimum Gasteiger partial charge on any atom is -0.380 e. The Hall–Kier alpha value is -1.02. The SMILES string of the molecule is COC(C)CNS(=O)(=O)c1cc(CN)cc(F)c1C. The summed E-state index contributed by atoms with van der Waals surface area (Å²) >= 11 is 0. The van der Waals surface area contributed by atoms with E-state index >= 15 is 0 Å². The van der Waals surface area contributed by atoms with Crippen LogP contribution in [0.2, 0.25) is 0 Å². The Kier molecular flexibility index (Phi) is 5.42. The van der Waals surface area contributed by atoms with Crippen LogP contribution < -0.4 is 10.5 Å². The molecular formula is C12H19FN2O3S. The molecule has 0 aliphatic heterocycles. The number of nitrogens with one attached hydrogen (secondary N) is 1. The smallest absolute Gasteiger partial charge is 0.241 e. The quantitative estimate of drug-likeness (QED) is 0.816. The zero-order chi connectivity index (χ0) is 14.6. The zero-order valence-electron chi connectivity index (χ0n) is 11.2. The van der Waals surface area contributed by atoms with Crippen molar-refractivity contribution in [1.29, 1.82) is 0 Å². The fraction of sp³-hybridized carbons (Fsp3) is 0.500. The monoisotopic (exact) mass is 290 g/mol. The number of sulfonamides is 1. The van der Waals surface area contributed by atoms with Crippen molar-refractivity contribution in [2.75, 3.05) is 13.7 Å². The van der Waals surface area contributed by atoms with Gasteiger partial charge in [0, 0.05) is 25.8 Å². The maximum Gasteiger partial charge on any atom is 0.241 e. The Morgan fingerprint density at radius 2 is 2.11 bits per heavy atom. The van der Waals surface area contributed by atoms with Gasteiger partial charge in [0.15, 0.2) is 0 Å². The molecule has 7 heteroatoms. The molecule has 0 spiro atoms. The maximum absolute atomic E-state index is 13.6. The molecule has 0 heterocycles. The summed E-state index contributed by atoms with van der Waals surface area (Å²) in [6, 6.07) is 2.63. The number of rotatable bonds is 6. The predicted octanol–water partition coefficient (Wildman–Crippen LogP) is 0.906. The third-order valence-corrected chi connectivity index (χ3v) is 4.39. The third-order valence-electron chi connectivity index (χ3n) is 2.84. The van der Waals surface area contributed by atoms with Crippen LogP contribution in [-0.4, -0.2) is 28.2 Å². The maximum atomic E-state index is 13.6. The van der Waals surface area contributed by atoms with Gasteiger partial charge < -0.3 is 10.5 Å². The van der Waals surface area contributed by atoms with E-state index in [0.717, 1.165) is 0 Å². The molecule has 0 aliphatic carbocycles. The normalized spacial score (nSPS) is 13.5. The lowest BCUT2D eigenvalue weighted by atomic mass is 10.1. The highest BCUT2D eigenvalue weighted by atomic mass is 32.2. The van der Waals surface area contributed by atoms with E-state index in [1.54, 1.807) is 6.92 Å². The second kappa shape index (κ2) is 6.42. The molecule has 108 valence electrons. The third kappa shape index (κ3) is 3.97. The first-order valence-electron chi connectivity index (χ1n) is 5.83. The topological polar surface area (TPSA) is 81.4 Å². The van der Waals surface area contributed by atoms with Gasteiger partial charge in [0.25, 0.3) is 0 Å². The van der Waals surface area contributed by atoms with Crippen LogP contribution in [0.3, 0.4) is 0 Å². The molecule has 0 amide bonds.